The Morgan fingerprint density at radius 3 is 2.21 bits per heavy atom. The summed E-state index contributed by atoms with van der Waals surface area (Å²) in [5.74, 6) is -1.58. The highest BCUT2D eigenvalue weighted by molar-refractivity contribution is 5.71. The zero-order valence-electron chi connectivity index (χ0n) is 15.5. The summed E-state index contributed by atoms with van der Waals surface area (Å²) in [6, 6.07) is -0.592. The van der Waals surface area contributed by atoms with E-state index >= 15 is 0 Å². The summed E-state index contributed by atoms with van der Waals surface area (Å²) in [5.41, 5.74) is 0. The van der Waals surface area contributed by atoms with Crippen LogP contribution in [0.15, 0.2) is 0 Å². The number of unbranched alkanes of at least 4 members (excludes halogenated alkanes) is 4. The standard InChI is InChI=1S/C18H35NO5/c1-4-7-10-11-16(18(21)22)17(14-23-12-8-5-2)19(15-20)24-13-9-6-3/h15-17H,4-14H2,1-3H3,(H,21,22)/t16-,17-/m1/s1. The van der Waals surface area contributed by atoms with Crippen LogP contribution in [-0.2, 0) is 19.2 Å². The molecule has 0 heterocycles. The molecule has 0 aliphatic carbocycles. The van der Waals surface area contributed by atoms with Crippen molar-refractivity contribution >= 4 is 12.4 Å². The summed E-state index contributed by atoms with van der Waals surface area (Å²) in [5, 5.41) is 10.8. The number of carboxylic acid groups (broad SMARTS) is 1. The third kappa shape index (κ3) is 9.88. The largest absolute Gasteiger partial charge is 0.481 e. The van der Waals surface area contributed by atoms with Crippen molar-refractivity contribution in [3.05, 3.63) is 0 Å². The molecule has 0 aromatic carbocycles. The van der Waals surface area contributed by atoms with E-state index in [1.165, 1.54) is 0 Å². The molecular weight excluding hydrogens is 310 g/mol. The summed E-state index contributed by atoms with van der Waals surface area (Å²) in [4.78, 5) is 28.7. The average Bonchev–Trinajstić information content (AvgIpc) is 2.57. The second kappa shape index (κ2) is 15.4. The van der Waals surface area contributed by atoms with Gasteiger partial charge in [0, 0.05) is 6.61 Å². The molecule has 0 fully saturated rings. The van der Waals surface area contributed by atoms with Crippen LogP contribution in [0.2, 0.25) is 0 Å². The molecule has 0 unspecified atom stereocenters. The number of hydroxylamine groups is 2. The van der Waals surface area contributed by atoms with Gasteiger partial charge in [-0.25, -0.2) is 5.06 Å². The van der Waals surface area contributed by atoms with Gasteiger partial charge in [0.25, 0.3) is 0 Å². The number of rotatable bonds is 17. The topological polar surface area (TPSA) is 76.1 Å². The fraction of sp³-hybridized carbons (Fsp3) is 0.889. The van der Waals surface area contributed by atoms with Crippen molar-refractivity contribution in [1.82, 2.24) is 5.06 Å². The fourth-order valence-electron chi connectivity index (χ4n) is 2.43. The van der Waals surface area contributed by atoms with Gasteiger partial charge in [0.05, 0.1) is 25.2 Å². The summed E-state index contributed by atoms with van der Waals surface area (Å²) < 4.78 is 5.62. The number of hydrogen-bond donors (Lipinski definition) is 1. The van der Waals surface area contributed by atoms with Gasteiger partial charge in [-0.3, -0.25) is 14.4 Å². The highest BCUT2D eigenvalue weighted by Gasteiger charge is 2.33. The first-order valence-corrected chi connectivity index (χ1v) is 9.29. The van der Waals surface area contributed by atoms with Crippen molar-refractivity contribution in [1.29, 1.82) is 0 Å². The van der Waals surface area contributed by atoms with Gasteiger partial charge in [0.1, 0.15) is 0 Å². The second-order valence-electron chi connectivity index (χ2n) is 6.09. The van der Waals surface area contributed by atoms with Crippen molar-refractivity contribution in [3.8, 4) is 0 Å². The molecule has 0 aliphatic heterocycles. The molecule has 1 N–H and O–H groups in total. The normalized spacial score (nSPS) is 13.5. The maximum atomic E-state index is 11.7. The maximum Gasteiger partial charge on any atom is 0.308 e. The molecule has 0 bridgehead atoms. The molecule has 0 aromatic heterocycles. The van der Waals surface area contributed by atoms with E-state index in [-0.39, 0.29) is 6.61 Å². The van der Waals surface area contributed by atoms with E-state index in [9.17, 15) is 14.7 Å². The van der Waals surface area contributed by atoms with Gasteiger partial charge < -0.3 is 9.84 Å². The number of carboxylic acids is 1. The average molecular weight is 345 g/mol. The Bertz CT molecular complexity index is 325. The van der Waals surface area contributed by atoms with Gasteiger partial charge in [-0.05, 0) is 19.3 Å². The molecule has 0 saturated heterocycles. The van der Waals surface area contributed by atoms with E-state index in [0.29, 0.717) is 26.0 Å². The number of carbonyl (C=O) groups is 2. The van der Waals surface area contributed by atoms with Crippen LogP contribution >= 0.6 is 0 Å². The van der Waals surface area contributed by atoms with Gasteiger partial charge in [0.15, 0.2) is 0 Å². The minimum absolute atomic E-state index is 0.188. The van der Waals surface area contributed by atoms with E-state index in [1.54, 1.807) is 0 Å². The lowest BCUT2D eigenvalue weighted by atomic mass is 9.93. The van der Waals surface area contributed by atoms with Crippen molar-refractivity contribution in [2.45, 2.75) is 78.2 Å². The summed E-state index contributed by atoms with van der Waals surface area (Å²) >= 11 is 0. The first-order chi connectivity index (χ1) is 11.6. The summed E-state index contributed by atoms with van der Waals surface area (Å²) in [7, 11) is 0. The minimum atomic E-state index is -0.902. The molecule has 0 aliphatic rings. The zero-order valence-corrected chi connectivity index (χ0v) is 15.5. The Morgan fingerprint density at radius 2 is 1.67 bits per heavy atom. The van der Waals surface area contributed by atoms with Gasteiger partial charge in [-0.1, -0.05) is 52.9 Å². The van der Waals surface area contributed by atoms with Crippen molar-refractivity contribution in [2.75, 3.05) is 19.8 Å². The molecule has 24 heavy (non-hydrogen) atoms. The molecule has 6 nitrogen and oxygen atoms in total. The number of nitrogens with zero attached hydrogens (tertiary/aromatic N) is 1. The van der Waals surface area contributed by atoms with Crippen molar-refractivity contribution in [3.63, 3.8) is 0 Å². The number of amides is 1. The Kier molecular flexibility index (Phi) is 14.7. The van der Waals surface area contributed by atoms with Gasteiger partial charge in [0.2, 0.25) is 6.41 Å². The van der Waals surface area contributed by atoms with Crippen molar-refractivity contribution < 1.29 is 24.3 Å². The van der Waals surface area contributed by atoms with Crippen LogP contribution in [-0.4, -0.2) is 48.4 Å². The molecule has 0 radical (unpaired) electrons. The van der Waals surface area contributed by atoms with Crippen LogP contribution < -0.4 is 0 Å². The first-order valence-electron chi connectivity index (χ1n) is 9.29. The third-order valence-corrected chi connectivity index (χ3v) is 4.00. The SMILES string of the molecule is CCCCC[C@@H](C(=O)O)[C@@H](COCCCC)N(C=O)OCCCC. The van der Waals surface area contributed by atoms with E-state index < -0.39 is 17.9 Å². The smallest absolute Gasteiger partial charge is 0.308 e. The van der Waals surface area contributed by atoms with Crippen LogP contribution in [0, 0.1) is 5.92 Å². The Balaban J connectivity index is 4.92. The first kappa shape index (κ1) is 22.9. The van der Waals surface area contributed by atoms with Crippen LogP contribution in [0.5, 0.6) is 0 Å². The molecule has 142 valence electrons. The monoisotopic (exact) mass is 345 g/mol. The molecular formula is C18H35NO5. The lowest BCUT2D eigenvalue weighted by Gasteiger charge is -2.31. The number of hydrogen-bond acceptors (Lipinski definition) is 4. The fourth-order valence-corrected chi connectivity index (χ4v) is 2.43. The van der Waals surface area contributed by atoms with E-state index in [2.05, 4.69) is 13.8 Å². The van der Waals surface area contributed by atoms with Gasteiger partial charge in [-0.2, -0.15) is 0 Å². The van der Waals surface area contributed by atoms with E-state index in [1.807, 2.05) is 6.92 Å². The number of ether oxygens (including phenoxy) is 1. The third-order valence-electron chi connectivity index (χ3n) is 4.00. The molecule has 1 amide bonds. The highest BCUT2D eigenvalue weighted by Crippen LogP contribution is 2.20. The molecule has 0 spiro atoms. The quantitative estimate of drug-likeness (QED) is 0.247. The molecule has 6 heteroatoms. The van der Waals surface area contributed by atoms with Crippen LogP contribution in [0.3, 0.4) is 0 Å². The Morgan fingerprint density at radius 1 is 1.04 bits per heavy atom. The van der Waals surface area contributed by atoms with Crippen molar-refractivity contribution in [2.24, 2.45) is 5.92 Å². The Labute approximate surface area is 146 Å². The molecule has 0 rings (SSSR count). The van der Waals surface area contributed by atoms with E-state index in [0.717, 1.165) is 50.0 Å². The number of aliphatic carboxylic acids is 1. The second-order valence-corrected chi connectivity index (χ2v) is 6.09. The molecule has 0 saturated carbocycles. The lowest BCUT2D eigenvalue weighted by Crippen LogP contribution is -2.46. The van der Waals surface area contributed by atoms with Crippen LogP contribution in [0.25, 0.3) is 0 Å². The van der Waals surface area contributed by atoms with E-state index in [4.69, 9.17) is 9.57 Å². The molecule has 2 atom stereocenters. The Hall–Kier alpha value is -1.14. The predicted molar refractivity (Wildman–Crippen MR) is 93.5 cm³/mol. The van der Waals surface area contributed by atoms with Crippen LogP contribution in [0.4, 0.5) is 0 Å². The molecule has 0 aromatic rings. The van der Waals surface area contributed by atoms with Gasteiger partial charge in [-0.15, -0.1) is 0 Å². The summed E-state index contributed by atoms with van der Waals surface area (Å²) in [6.07, 6.45) is 7.61. The maximum absolute atomic E-state index is 11.7. The highest BCUT2D eigenvalue weighted by atomic mass is 16.7. The predicted octanol–water partition coefficient (Wildman–Crippen LogP) is 3.64. The minimum Gasteiger partial charge on any atom is -0.481 e. The van der Waals surface area contributed by atoms with Gasteiger partial charge >= 0.3 is 5.97 Å². The lowest BCUT2D eigenvalue weighted by molar-refractivity contribution is -0.204. The van der Waals surface area contributed by atoms with Crippen LogP contribution in [0.1, 0.15) is 72.1 Å². The number of carbonyl (C=O) groups excluding carboxylic acids is 1. The zero-order chi connectivity index (χ0) is 18.2. The summed E-state index contributed by atoms with van der Waals surface area (Å²) in [6.45, 7) is 7.33.